The minimum absolute atomic E-state index is 0.0222. The average molecular weight is 479 g/mol. The molecule has 5 fully saturated rings. The summed E-state index contributed by atoms with van der Waals surface area (Å²) in [6.45, 7) is 7.93. The molecule has 3 aliphatic heterocycles. The van der Waals surface area contributed by atoms with E-state index in [0.717, 1.165) is 31.7 Å². The van der Waals surface area contributed by atoms with Crippen LogP contribution in [0.1, 0.15) is 51.5 Å². The van der Waals surface area contributed by atoms with Crippen molar-refractivity contribution in [3.63, 3.8) is 0 Å². The average Bonchev–Trinajstić information content (AvgIpc) is 3.31. The highest BCUT2D eigenvalue weighted by atomic mass is 19.4. The lowest BCUT2D eigenvalue weighted by molar-refractivity contribution is -0.146. The van der Waals surface area contributed by atoms with Crippen molar-refractivity contribution >= 4 is 11.7 Å². The van der Waals surface area contributed by atoms with E-state index in [1.807, 2.05) is 4.90 Å². The van der Waals surface area contributed by atoms with Gasteiger partial charge in [0, 0.05) is 49.7 Å². The van der Waals surface area contributed by atoms with E-state index >= 15 is 0 Å². The summed E-state index contributed by atoms with van der Waals surface area (Å²) < 4.78 is 51.7. The van der Waals surface area contributed by atoms with E-state index in [9.17, 15) is 18.0 Å². The molecule has 3 heterocycles. The van der Waals surface area contributed by atoms with E-state index in [-0.39, 0.29) is 40.5 Å². The van der Waals surface area contributed by atoms with Gasteiger partial charge < -0.3 is 14.4 Å². The normalized spacial score (nSPS) is 42.0. The zero-order valence-corrected chi connectivity index (χ0v) is 19.9. The van der Waals surface area contributed by atoms with Crippen LogP contribution in [0.4, 0.5) is 18.9 Å². The summed E-state index contributed by atoms with van der Waals surface area (Å²) in [7, 11) is 0. The van der Waals surface area contributed by atoms with Gasteiger partial charge in [-0.2, -0.15) is 13.2 Å². The van der Waals surface area contributed by atoms with Gasteiger partial charge in [0.1, 0.15) is 11.7 Å². The van der Waals surface area contributed by atoms with E-state index in [0.29, 0.717) is 38.4 Å². The minimum atomic E-state index is -4.34. The van der Waals surface area contributed by atoms with Gasteiger partial charge in [-0.1, -0.05) is 13.0 Å². The monoisotopic (exact) mass is 478 g/mol. The molecule has 0 amide bonds. The predicted octanol–water partition coefficient (Wildman–Crippen LogP) is 4.50. The van der Waals surface area contributed by atoms with E-state index in [4.69, 9.17) is 9.47 Å². The summed E-state index contributed by atoms with van der Waals surface area (Å²) in [6.07, 6.45) is 0.810. The fourth-order valence-electron chi connectivity index (χ4n) is 7.72. The summed E-state index contributed by atoms with van der Waals surface area (Å²) >= 11 is 0. The number of benzene rings is 1. The van der Waals surface area contributed by atoms with Crippen LogP contribution in [0.25, 0.3) is 0 Å². The number of fused-ring (bicyclic) bond motifs is 1. The van der Waals surface area contributed by atoms with Crippen molar-refractivity contribution < 1.29 is 27.4 Å². The van der Waals surface area contributed by atoms with Gasteiger partial charge in [0.05, 0.1) is 17.1 Å². The molecule has 0 unspecified atom stereocenters. The van der Waals surface area contributed by atoms with Crippen LogP contribution in [-0.4, -0.2) is 60.9 Å². The van der Waals surface area contributed by atoms with E-state index in [2.05, 4.69) is 18.7 Å². The lowest BCUT2D eigenvalue weighted by atomic mass is 9.53. The third-order valence-electron chi connectivity index (χ3n) is 9.67. The highest BCUT2D eigenvalue weighted by Gasteiger charge is 2.79. The number of alkyl halides is 3. The summed E-state index contributed by atoms with van der Waals surface area (Å²) in [4.78, 5) is 17.2. The van der Waals surface area contributed by atoms with Gasteiger partial charge in [-0.05, 0) is 57.2 Å². The number of ether oxygens (including phenoxy) is 2. The number of halogens is 3. The SMILES string of the molecule is C[C@]12CCC[C@]3(C)O[C@@]13C[C@H]1[C@H](CN3CCN(c4cccc(C(F)(F)F)c4)CC3)C(=O)O[C@@H]1C2. The van der Waals surface area contributed by atoms with Crippen molar-refractivity contribution in [1.29, 1.82) is 0 Å². The minimum Gasteiger partial charge on any atom is -0.462 e. The summed E-state index contributed by atoms with van der Waals surface area (Å²) in [6, 6.07) is 5.54. The first-order chi connectivity index (χ1) is 16.0. The second kappa shape index (κ2) is 7.36. The van der Waals surface area contributed by atoms with Gasteiger partial charge in [0.25, 0.3) is 0 Å². The molecule has 5 aliphatic rings. The first-order valence-corrected chi connectivity index (χ1v) is 12.6. The molecule has 2 aliphatic carbocycles. The Labute approximate surface area is 198 Å². The van der Waals surface area contributed by atoms with Crippen LogP contribution in [0.3, 0.4) is 0 Å². The Kier molecular flexibility index (Phi) is 4.90. The number of carbonyl (C=O) groups is 1. The van der Waals surface area contributed by atoms with Gasteiger partial charge in [0.2, 0.25) is 0 Å². The Hall–Kier alpha value is -1.80. The highest BCUT2D eigenvalue weighted by Crippen LogP contribution is 2.72. The van der Waals surface area contributed by atoms with E-state index in [1.165, 1.54) is 18.6 Å². The van der Waals surface area contributed by atoms with Crippen LogP contribution in [0.5, 0.6) is 0 Å². The third kappa shape index (κ3) is 3.31. The van der Waals surface area contributed by atoms with Crippen LogP contribution in [-0.2, 0) is 20.4 Å². The number of hydrogen-bond acceptors (Lipinski definition) is 5. The molecule has 8 heteroatoms. The van der Waals surface area contributed by atoms with Crippen LogP contribution in [0.15, 0.2) is 24.3 Å². The fourth-order valence-corrected chi connectivity index (χ4v) is 7.72. The highest BCUT2D eigenvalue weighted by molar-refractivity contribution is 5.76. The number of piperazine rings is 1. The summed E-state index contributed by atoms with van der Waals surface area (Å²) in [5.74, 6) is -0.0577. The standard InChI is InChI=1S/C26H33F3N2O3/c1-23-7-4-8-24(2)25(23,34-24)14-19-20(22(32)33-21(19)15-23)16-30-9-11-31(12-10-30)18-6-3-5-17(13-18)26(27,28)29/h3,5-6,13,19-21H,4,7-12,14-16H2,1-2H3/t19-,20-,21+,23+,24-,25-/m0/s1. The number of anilines is 1. The smallest absolute Gasteiger partial charge is 0.416 e. The number of nitrogens with zero attached hydrogens (tertiary/aromatic N) is 2. The zero-order valence-electron chi connectivity index (χ0n) is 19.9. The summed E-state index contributed by atoms with van der Waals surface area (Å²) in [5.41, 5.74) is -0.116. The second-order valence-corrected chi connectivity index (χ2v) is 11.6. The molecule has 6 atom stereocenters. The number of rotatable bonds is 3. The molecule has 0 aromatic heterocycles. The lowest BCUT2D eigenvalue weighted by Gasteiger charge is -2.48. The number of carbonyl (C=O) groups excluding carboxylic acids is 1. The third-order valence-corrected chi connectivity index (χ3v) is 9.67. The van der Waals surface area contributed by atoms with Gasteiger partial charge >= 0.3 is 12.1 Å². The maximum absolute atomic E-state index is 13.1. The molecule has 0 radical (unpaired) electrons. The van der Waals surface area contributed by atoms with Crippen molar-refractivity contribution in [2.24, 2.45) is 17.3 Å². The topological polar surface area (TPSA) is 45.3 Å². The van der Waals surface area contributed by atoms with Crippen LogP contribution < -0.4 is 4.90 Å². The quantitative estimate of drug-likeness (QED) is 0.473. The molecular weight excluding hydrogens is 445 g/mol. The van der Waals surface area contributed by atoms with Crippen LogP contribution in [0.2, 0.25) is 0 Å². The fraction of sp³-hybridized carbons (Fsp3) is 0.731. The molecule has 34 heavy (non-hydrogen) atoms. The number of epoxide rings is 1. The molecule has 6 rings (SSSR count). The Balaban J connectivity index is 1.11. The van der Waals surface area contributed by atoms with Gasteiger partial charge in [0.15, 0.2) is 0 Å². The maximum atomic E-state index is 13.1. The first-order valence-electron chi connectivity index (χ1n) is 12.6. The van der Waals surface area contributed by atoms with Gasteiger partial charge in [-0.3, -0.25) is 9.69 Å². The Bertz CT molecular complexity index is 994. The molecule has 1 aromatic rings. The van der Waals surface area contributed by atoms with Crippen molar-refractivity contribution in [3.8, 4) is 0 Å². The lowest BCUT2D eigenvalue weighted by Crippen LogP contribution is -2.54. The molecule has 1 aromatic carbocycles. The van der Waals surface area contributed by atoms with E-state index in [1.54, 1.807) is 6.07 Å². The predicted molar refractivity (Wildman–Crippen MR) is 120 cm³/mol. The van der Waals surface area contributed by atoms with Crippen molar-refractivity contribution in [3.05, 3.63) is 29.8 Å². The van der Waals surface area contributed by atoms with Crippen LogP contribution in [0, 0.1) is 17.3 Å². The molecule has 186 valence electrons. The number of esters is 1. The molecule has 5 nitrogen and oxygen atoms in total. The molecule has 2 saturated carbocycles. The molecular formula is C26H33F3N2O3. The number of hydrogen-bond donors (Lipinski definition) is 0. The Morgan fingerprint density at radius 3 is 2.59 bits per heavy atom. The largest absolute Gasteiger partial charge is 0.462 e. The van der Waals surface area contributed by atoms with Crippen molar-refractivity contribution in [2.75, 3.05) is 37.6 Å². The van der Waals surface area contributed by atoms with E-state index < -0.39 is 11.7 Å². The van der Waals surface area contributed by atoms with Crippen molar-refractivity contribution in [1.82, 2.24) is 4.90 Å². The maximum Gasteiger partial charge on any atom is 0.416 e. The van der Waals surface area contributed by atoms with Gasteiger partial charge in [-0.25, -0.2) is 0 Å². The molecule has 0 bridgehead atoms. The molecule has 1 spiro atoms. The van der Waals surface area contributed by atoms with Gasteiger partial charge in [-0.15, -0.1) is 0 Å². The Morgan fingerprint density at radius 1 is 1.09 bits per heavy atom. The zero-order chi connectivity index (χ0) is 23.9. The second-order valence-electron chi connectivity index (χ2n) is 11.6. The molecule has 3 saturated heterocycles. The molecule has 0 N–H and O–H groups in total. The Morgan fingerprint density at radius 2 is 1.85 bits per heavy atom. The first kappa shape index (κ1) is 22.7. The van der Waals surface area contributed by atoms with Crippen molar-refractivity contribution in [2.45, 2.75) is 69.4 Å². The van der Waals surface area contributed by atoms with Crippen LogP contribution >= 0.6 is 0 Å². The summed E-state index contributed by atoms with van der Waals surface area (Å²) in [5, 5.41) is 0.